The Labute approximate surface area is 97.1 Å². The summed E-state index contributed by atoms with van der Waals surface area (Å²) in [4.78, 5) is 16.4. The van der Waals surface area contributed by atoms with Gasteiger partial charge < -0.3 is 9.73 Å². The first-order valence-electron chi connectivity index (χ1n) is 4.63. The highest BCUT2D eigenvalue weighted by atomic mass is 32.2. The van der Waals surface area contributed by atoms with Crippen molar-refractivity contribution < 1.29 is 9.21 Å². The zero-order chi connectivity index (χ0) is 11.4. The molecule has 0 fully saturated rings. The summed E-state index contributed by atoms with van der Waals surface area (Å²) in [5, 5.41) is 2.73. The molecule has 1 aromatic carbocycles. The highest BCUT2D eigenvalue weighted by Crippen LogP contribution is 2.19. The van der Waals surface area contributed by atoms with Gasteiger partial charge in [-0.1, -0.05) is 6.07 Å². The monoisotopic (exact) mass is 234 g/mol. The number of oxazole rings is 1. The number of anilines is 1. The van der Waals surface area contributed by atoms with Gasteiger partial charge in [-0.3, -0.25) is 4.79 Å². The van der Waals surface area contributed by atoms with Crippen molar-refractivity contribution in [2.24, 2.45) is 0 Å². The van der Waals surface area contributed by atoms with E-state index >= 15 is 0 Å². The van der Waals surface area contributed by atoms with E-state index in [-0.39, 0.29) is 11.7 Å². The molecule has 2 rings (SSSR count). The maximum absolute atomic E-state index is 11.6. The Hall–Kier alpha value is -1.75. The van der Waals surface area contributed by atoms with Crippen molar-refractivity contribution in [3.05, 3.63) is 42.6 Å². The lowest BCUT2D eigenvalue weighted by Crippen LogP contribution is -2.10. The molecule has 0 bridgehead atoms. The lowest BCUT2D eigenvalue weighted by Gasteiger charge is -2.04. The first-order valence-corrected chi connectivity index (χ1v) is 5.86. The molecule has 0 spiro atoms. The minimum atomic E-state index is -0.296. The summed E-state index contributed by atoms with van der Waals surface area (Å²) in [5.74, 6) is -0.0923. The Kier molecular flexibility index (Phi) is 3.26. The van der Waals surface area contributed by atoms with Crippen LogP contribution in [0.3, 0.4) is 0 Å². The van der Waals surface area contributed by atoms with E-state index in [0.717, 1.165) is 10.6 Å². The summed E-state index contributed by atoms with van der Waals surface area (Å²) in [6.07, 6.45) is 4.60. The summed E-state index contributed by atoms with van der Waals surface area (Å²) >= 11 is 1.62. The van der Waals surface area contributed by atoms with E-state index in [1.165, 1.54) is 12.6 Å². The largest absolute Gasteiger partial charge is 0.438 e. The van der Waals surface area contributed by atoms with Crippen LogP contribution in [0.4, 0.5) is 5.69 Å². The molecule has 1 heterocycles. The van der Waals surface area contributed by atoms with Crippen LogP contribution in [0.25, 0.3) is 0 Å². The predicted octanol–water partition coefficient (Wildman–Crippen LogP) is 2.65. The summed E-state index contributed by atoms with van der Waals surface area (Å²) in [5.41, 5.74) is 0.744. The summed E-state index contributed by atoms with van der Waals surface area (Å²) in [6, 6.07) is 7.60. The van der Waals surface area contributed by atoms with E-state index in [0.29, 0.717) is 0 Å². The summed E-state index contributed by atoms with van der Waals surface area (Å²) in [6.45, 7) is 0. The van der Waals surface area contributed by atoms with E-state index in [2.05, 4.69) is 10.3 Å². The van der Waals surface area contributed by atoms with Gasteiger partial charge in [0.25, 0.3) is 5.91 Å². The molecule has 16 heavy (non-hydrogen) atoms. The van der Waals surface area contributed by atoms with Gasteiger partial charge in [0, 0.05) is 10.6 Å². The minimum absolute atomic E-state index is 0.203. The van der Waals surface area contributed by atoms with Gasteiger partial charge in [0.05, 0.1) is 6.20 Å². The second-order valence-electron chi connectivity index (χ2n) is 3.05. The van der Waals surface area contributed by atoms with E-state index in [9.17, 15) is 4.79 Å². The molecule has 1 aromatic heterocycles. The maximum Gasteiger partial charge on any atom is 0.293 e. The maximum atomic E-state index is 11.6. The third kappa shape index (κ3) is 2.43. The number of rotatable bonds is 3. The molecule has 0 saturated heterocycles. The predicted molar refractivity (Wildman–Crippen MR) is 62.7 cm³/mol. The third-order valence-electron chi connectivity index (χ3n) is 1.98. The van der Waals surface area contributed by atoms with Crippen LogP contribution in [-0.4, -0.2) is 17.1 Å². The average molecular weight is 234 g/mol. The van der Waals surface area contributed by atoms with E-state index in [4.69, 9.17) is 4.42 Å². The van der Waals surface area contributed by atoms with Crippen molar-refractivity contribution in [3.8, 4) is 0 Å². The number of benzene rings is 1. The number of thioether (sulfide) groups is 1. The molecule has 0 unspecified atom stereocenters. The molecular weight excluding hydrogens is 224 g/mol. The molecule has 1 N–H and O–H groups in total. The molecule has 0 aliphatic heterocycles. The number of nitrogens with zero attached hydrogens (tertiary/aromatic N) is 1. The fourth-order valence-corrected chi connectivity index (χ4v) is 1.68. The van der Waals surface area contributed by atoms with Crippen molar-refractivity contribution >= 4 is 23.4 Å². The lowest BCUT2D eigenvalue weighted by molar-refractivity contribution is 0.0996. The van der Waals surface area contributed by atoms with Crippen molar-refractivity contribution in [2.75, 3.05) is 11.6 Å². The van der Waals surface area contributed by atoms with E-state index in [1.54, 1.807) is 11.8 Å². The van der Waals surface area contributed by atoms with Crippen LogP contribution in [0.1, 0.15) is 10.6 Å². The molecule has 1 amide bonds. The third-order valence-corrected chi connectivity index (χ3v) is 2.71. The number of carbonyl (C=O) groups excluding carboxylic acids is 1. The topological polar surface area (TPSA) is 55.1 Å². The van der Waals surface area contributed by atoms with E-state index < -0.39 is 0 Å². The Balaban J connectivity index is 2.12. The number of hydrogen-bond acceptors (Lipinski definition) is 4. The summed E-state index contributed by atoms with van der Waals surface area (Å²) < 4.78 is 4.90. The number of nitrogens with one attached hydrogen (secondary N) is 1. The molecule has 4 nitrogen and oxygen atoms in total. The van der Waals surface area contributed by atoms with E-state index in [1.807, 2.05) is 30.5 Å². The Morgan fingerprint density at radius 1 is 1.50 bits per heavy atom. The zero-order valence-electron chi connectivity index (χ0n) is 8.64. The van der Waals surface area contributed by atoms with Crippen molar-refractivity contribution in [2.45, 2.75) is 4.90 Å². The van der Waals surface area contributed by atoms with Crippen LogP contribution in [-0.2, 0) is 0 Å². The number of hydrogen-bond donors (Lipinski definition) is 1. The van der Waals surface area contributed by atoms with Gasteiger partial charge in [0.2, 0.25) is 5.76 Å². The second-order valence-corrected chi connectivity index (χ2v) is 3.93. The zero-order valence-corrected chi connectivity index (χ0v) is 9.45. The van der Waals surface area contributed by atoms with Crippen LogP contribution >= 0.6 is 11.8 Å². The van der Waals surface area contributed by atoms with Gasteiger partial charge in [-0.05, 0) is 24.5 Å². The molecule has 0 aliphatic carbocycles. The first-order chi connectivity index (χ1) is 7.79. The van der Waals surface area contributed by atoms with Gasteiger partial charge >= 0.3 is 0 Å². The number of carbonyl (C=O) groups is 1. The number of amides is 1. The molecule has 0 radical (unpaired) electrons. The SMILES string of the molecule is CSc1cccc(NC(=O)c2cnco2)c1. The molecule has 0 saturated carbocycles. The van der Waals surface area contributed by atoms with Gasteiger partial charge in [0.15, 0.2) is 6.39 Å². The molecule has 5 heteroatoms. The molecule has 82 valence electrons. The normalized spacial score (nSPS) is 10.1. The Morgan fingerprint density at radius 2 is 2.38 bits per heavy atom. The summed E-state index contributed by atoms with van der Waals surface area (Å²) in [7, 11) is 0. The van der Waals surface area contributed by atoms with Gasteiger partial charge in [-0.15, -0.1) is 11.8 Å². The second kappa shape index (κ2) is 4.85. The van der Waals surface area contributed by atoms with Crippen LogP contribution in [0.5, 0.6) is 0 Å². The lowest BCUT2D eigenvalue weighted by atomic mass is 10.3. The van der Waals surface area contributed by atoms with Crippen LogP contribution < -0.4 is 5.32 Å². The average Bonchev–Trinajstić information content (AvgIpc) is 2.83. The van der Waals surface area contributed by atoms with Crippen molar-refractivity contribution in [1.29, 1.82) is 0 Å². The standard InChI is InChI=1S/C11H10N2O2S/c1-16-9-4-2-3-8(5-9)13-11(14)10-6-12-7-15-10/h2-7H,1H3,(H,13,14). The quantitative estimate of drug-likeness (QED) is 0.829. The highest BCUT2D eigenvalue weighted by molar-refractivity contribution is 7.98. The minimum Gasteiger partial charge on any atom is -0.438 e. The fourth-order valence-electron chi connectivity index (χ4n) is 1.22. The van der Waals surface area contributed by atoms with Crippen LogP contribution in [0, 0.1) is 0 Å². The van der Waals surface area contributed by atoms with Gasteiger partial charge in [0.1, 0.15) is 0 Å². The first kappa shape index (κ1) is 10.8. The van der Waals surface area contributed by atoms with Crippen LogP contribution in [0.15, 0.2) is 46.2 Å². The number of aromatic nitrogens is 1. The molecule has 0 atom stereocenters. The Bertz CT molecular complexity index is 482. The fraction of sp³-hybridized carbons (Fsp3) is 0.0909. The molecule has 0 aliphatic rings. The Morgan fingerprint density at radius 3 is 3.06 bits per heavy atom. The highest BCUT2D eigenvalue weighted by Gasteiger charge is 2.09. The van der Waals surface area contributed by atoms with Gasteiger partial charge in [-0.2, -0.15) is 0 Å². The van der Waals surface area contributed by atoms with Gasteiger partial charge in [-0.25, -0.2) is 4.98 Å². The van der Waals surface area contributed by atoms with Crippen molar-refractivity contribution in [3.63, 3.8) is 0 Å². The molecular formula is C11H10N2O2S. The van der Waals surface area contributed by atoms with Crippen molar-refractivity contribution in [1.82, 2.24) is 4.98 Å². The van der Waals surface area contributed by atoms with Crippen LogP contribution in [0.2, 0.25) is 0 Å². The smallest absolute Gasteiger partial charge is 0.293 e. The molecule has 2 aromatic rings.